The van der Waals surface area contributed by atoms with E-state index in [1.807, 2.05) is 25.2 Å². The highest BCUT2D eigenvalue weighted by Gasteiger charge is 2.18. The Balaban J connectivity index is 0.00000312. The molecular formula is C19H32IN3O2. The Morgan fingerprint density at radius 2 is 1.88 bits per heavy atom. The number of aliphatic imine (C=N–C) groups is 1. The maximum Gasteiger partial charge on any atom is 0.191 e. The molecule has 1 aromatic rings. The standard InChI is InChI=1S/C19H31N3O2.HI/c1-14-5-7-16(8-6-14)22-19(20-2)21-12-11-15-13-17(23-3)9-10-18(15)24-4;/h9-10,13-14,16H,5-8,11-12H2,1-4H3,(H2,20,21,22);1H. The van der Waals surface area contributed by atoms with E-state index in [1.165, 1.54) is 25.7 Å². The second-order valence-corrected chi connectivity index (χ2v) is 6.53. The average molecular weight is 461 g/mol. The fourth-order valence-electron chi connectivity index (χ4n) is 3.19. The summed E-state index contributed by atoms with van der Waals surface area (Å²) >= 11 is 0. The maximum absolute atomic E-state index is 5.43. The van der Waals surface area contributed by atoms with Crippen molar-refractivity contribution in [3.05, 3.63) is 23.8 Å². The molecule has 2 N–H and O–H groups in total. The van der Waals surface area contributed by atoms with Crippen molar-refractivity contribution < 1.29 is 9.47 Å². The van der Waals surface area contributed by atoms with Gasteiger partial charge in [-0.3, -0.25) is 4.99 Å². The molecule has 1 aromatic carbocycles. The minimum atomic E-state index is 0. The predicted octanol–water partition coefficient (Wildman–Crippen LogP) is 3.61. The largest absolute Gasteiger partial charge is 0.497 e. The summed E-state index contributed by atoms with van der Waals surface area (Å²) in [5, 5.41) is 6.95. The lowest BCUT2D eigenvalue weighted by Gasteiger charge is -2.28. The first-order chi connectivity index (χ1) is 11.7. The first kappa shape index (κ1) is 21.9. The van der Waals surface area contributed by atoms with Crippen molar-refractivity contribution in [1.29, 1.82) is 0 Å². The van der Waals surface area contributed by atoms with E-state index in [0.29, 0.717) is 6.04 Å². The van der Waals surface area contributed by atoms with Gasteiger partial charge in [-0.25, -0.2) is 0 Å². The van der Waals surface area contributed by atoms with Crippen LogP contribution in [0.4, 0.5) is 0 Å². The molecular weight excluding hydrogens is 429 g/mol. The summed E-state index contributed by atoms with van der Waals surface area (Å²) in [7, 11) is 5.21. The molecule has 0 atom stereocenters. The third-order valence-corrected chi connectivity index (χ3v) is 4.75. The number of nitrogens with zero attached hydrogens (tertiary/aromatic N) is 1. The molecule has 0 amide bonds. The van der Waals surface area contributed by atoms with Gasteiger partial charge in [0.2, 0.25) is 0 Å². The average Bonchev–Trinajstić information content (AvgIpc) is 2.62. The van der Waals surface area contributed by atoms with E-state index in [0.717, 1.165) is 41.9 Å². The number of halogens is 1. The van der Waals surface area contributed by atoms with Crippen LogP contribution in [0.5, 0.6) is 11.5 Å². The van der Waals surface area contributed by atoms with Gasteiger partial charge in [-0.15, -0.1) is 24.0 Å². The molecule has 142 valence electrons. The molecule has 1 saturated carbocycles. The predicted molar refractivity (Wildman–Crippen MR) is 115 cm³/mol. The van der Waals surface area contributed by atoms with Gasteiger partial charge >= 0.3 is 0 Å². The van der Waals surface area contributed by atoms with E-state index in [2.05, 4.69) is 22.5 Å². The van der Waals surface area contributed by atoms with Crippen LogP contribution in [0.1, 0.15) is 38.2 Å². The van der Waals surface area contributed by atoms with Gasteiger partial charge in [0.15, 0.2) is 5.96 Å². The normalized spacial score (nSPS) is 20.4. The minimum Gasteiger partial charge on any atom is -0.497 e. The highest BCUT2D eigenvalue weighted by Crippen LogP contribution is 2.24. The molecule has 0 aromatic heterocycles. The van der Waals surface area contributed by atoms with Gasteiger partial charge in [0, 0.05) is 19.6 Å². The van der Waals surface area contributed by atoms with Crippen molar-refractivity contribution in [3.63, 3.8) is 0 Å². The van der Waals surface area contributed by atoms with E-state index >= 15 is 0 Å². The summed E-state index contributed by atoms with van der Waals surface area (Å²) < 4.78 is 10.7. The van der Waals surface area contributed by atoms with Gasteiger partial charge < -0.3 is 20.1 Å². The molecule has 0 bridgehead atoms. The summed E-state index contributed by atoms with van der Waals surface area (Å²) in [5.74, 6) is 3.49. The molecule has 6 heteroatoms. The fourth-order valence-corrected chi connectivity index (χ4v) is 3.19. The third-order valence-electron chi connectivity index (χ3n) is 4.75. The monoisotopic (exact) mass is 461 g/mol. The van der Waals surface area contributed by atoms with Gasteiger partial charge in [0.05, 0.1) is 14.2 Å². The Morgan fingerprint density at radius 3 is 2.48 bits per heavy atom. The zero-order valence-electron chi connectivity index (χ0n) is 15.8. The molecule has 0 spiro atoms. The number of ether oxygens (including phenoxy) is 2. The van der Waals surface area contributed by atoms with E-state index < -0.39 is 0 Å². The molecule has 5 nitrogen and oxygen atoms in total. The Morgan fingerprint density at radius 1 is 1.16 bits per heavy atom. The van der Waals surface area contributed by atoms with Crippen molar-refractivity contribution in [3.8, 4) is 11.5 Å². The van der Waals surface area contributed by atoms with Gasteiger partial charge in [-0.2, -0.15) is 0 Å². The number of methoxy groups -OCH3 is 2. The molecule has 0 unspecified atom stereocenters. The first-order valence-corrected chi connectivity index (χ1v) is 8.84. The number of guanidine groups is 1. The molecule has 0 heterocycles. The quantitative estimate of drug-likeness (QED) is 0.386. The molecule has 2 rings (SSSR count). The second kappa shape index (κ2) is 11.4. The van der Waals surface area contributed by atoms with Crippen LogP contribution in [-0.2, 0) is 6.42 Å². The lowest BCUT2D eigenvalue weighted by molar-refractivity contribution is 0.329. The lowest BCUT2D eigenvalue weighted by Crippen LogP contribution is -2.45. The summed E-state index contributed by atoms with van der Waals surface area (Å²) in [5.41, 5.74) is 1.13. The van der Waals surface area contributed by atoms with Gasteiger partial charge in [0.25, 0.3) is 0 Å². The van der Waals surface area contributed by atoms with E-state index in [1.54, 1.807) is 14.2 Å². The van der Waals surface area contributed by atoms with Crippen LogP contribution >= 0.6 is 24.0 Å². The van der Waals surface area contributed by atoms with Crippen molar-refractivity contribution in [2.24, 2.45) is 10.9 Å². The number of nitrogens with one attached hydrogen (secondary N) is 2. The smallest absolute Gasteiger partial charge is 0.191 e. The van der Waals surface area contributed by atoms with Gasteiger partial charge in [-0.05, 0) is 61.8 Å². The van der Waals surface area contributed by atoms with Crippen LogP contribution in [0, 0.1) is 5.92 Å². The van der Waals surface area contributed by atoms with Crippen LogP contribution in [0.25, 0.3) is 0 Å². The highest BCUT2D eigenvalue weighted by atomic mass is 127. The number of hydrogen-bond acceptors (Lipinski definition) is 3. The lowest BCUT2D eigenvalue weighted by atomic mass is 9.87. The second-order valence-electron chi connectivity index (χ2n) is 6.53. The summed E-state index contributed by atoms with van der Waals surface area (Å²) in [4.78, 5) is 4.35. The number of hydrogen-bond donors (Lipinski definition) is 2. The summed E-state index contributed by atoms with van der Waals surface area (Å²) in [6, 6.07) is 6.43. The van der Waals surface area contributed by atoms with Crippen molar-refractivity contribution in [2.75, 3.05) is 27.8 Å². The molecule has 1 fully saturated rings. The van der Waals surface area contributed by atoms with E-state index in [4.69, 9.17) is 9.47 Å². The summed E-state index contributed by atoms with van der Waals surface area (Å²) in [6.45, 7) is 3.14. The van der Waals surface area contributed by atoms with Crippen molar-refractivity contribution in [2.45, 2.75) is 45.1 Å². The number of benzene rings is 1. The Hall–Kier alpha value is -1.18. The Kier molecular flexibility index (Phi) is 10.0. The molecule has 1 aliphatic carbocycles. The molecule has 0 aliphatic heterocycles. The van der Waals surface area contributed by atoms with Crippen LogP contribution in [-0.4, -0.2) is 39.8 Å². The topological polar surface area (TPSA) is 54.9 Å². The van der Waals surface area contributed by atoms with Gasteiger partial charge in [0.1, 0.15) is 11.5 Å². The maximum atomic E-state index is 5.43. The molecule has 0 saturated heterocycles. The van der Waals surface area contributed by atoms with Gasteiger partial charge in [-0.1, -0.05) is 6.92 Å². The Labute approximate surface area is 169 Å². The zero-order valence-corrected chi connectivity index (χ0v) is 18.1. The number of rotatable bonds is 6. The summed E-state index contributed by atoms with van der Waals surface area (Å²) in [6.07, 6.45) is 5.91. The Bertz CT molecular complexity index is 543. The van der Waals surface area contributed by atoms with Crippen LogP contribution in [0.15, 0.2) is 23.2 Å². The van der Waals surface area contributed by atoms with E-state index in [9.17, 15) is 0 Å². The SMILES string of the molecule is CN=C(NCCc1cc(OC)ccc1OC)NC1CCC(C)CC1.I. The van der Waals surface area contributed by atoms with Crippen LogP contribution in [0.2, 0.25) is 0 Å². The zero-order chi connectivity index (χ0) is 17.4. The molecule has 0 radical (unpaired) electrons. The molecule has 1 aliphatic rings. The molecule has 25 heavy (non-hydrogen) atoms. The van der Waals surface area contributed by atoms with E-state index in [-0.39, 0.29) is 24.0 Å². The first-order valence-electron chi connectivity index (χ1n) is 8.84. The minimum absolute atomic E-state index is 0. The third kappa shape index (κ3) is 6.92. The van der Waals surface area contributed by atoms with Crippen molar-refractivity contribution >= 4 is 29.9 Å². The van der Waals surface area contributed by atoms with Crippen molar-refractivity contribution in [1.82, 2.24) is 10.6 Å². The fraction of sp³-hybridized carbons (Fsp3) is 0.632. The van der Waals surface area contributed by atoms with Crippen LogP contribution < -0.4 is 20.1 Å². The highest BCUT2D eigenvalue weighted by molar-refractivity contribution is 14.0. The van der Waals surface area contributed by atoms with Crippen LogP contribution in [0.3, 0.4) is 0 Å².